The highest BCUT2D eigenvalue weighted by Crippen LogP contribution is 2.19. The summed E-state index contributed by atoms with van der Waals surface area (Å²) in [6.45, 7) is 2.82. The molecule has 0 unspecified atom stereocenters. The third kappa shape index (κ3) is 5.82. The second kappa shape index (κ2) is 10.7. The summed E-state index contributed by atoms with van der Waals surface area (Å²) >= 11 is 5.89. The number of amides is 2. The molecule has 0 aliphatic carbocycles. The van der Waals surface area contributed by atoms with Crippen LogP contribution in [0.2, 0.25) is 5.02 Å². The highest BCUT2D eigenvalue weighted by molar-refractivity contribution is 6.30. The van der Waals surface area contributed by atoms with Crippen LogP contribution < -0.4 is 15.4 Å². The Hall–Kier alpha value is -4.10. The van der Waals surface area contributed by atoms with Crippen LogP contribution in [0.4, 0.5) is 11.4 Å². The number of nitrogens with zero attached hydrogens (tertiary/aromatic N) is 2. The number of halogens is 1. The van der Waals surface area contributed by atoms with Gasteiger partial charge in [0.25, 0.3) is 11.8 Å². The molecule has 0 radical (unpaired) electrons. The molecule has 0 spiro atoms. The fourth-order valence-corrected chi connectivity index (χ4v) is 3.32. The Labute approximate surface area is 202 Å². The van der Waals surface area contributed by atoms with E-state index in [1.165, 1.54) is 0 Å². The molecule has 3 aromatic carbocycles. The molecule has 34 heavy (non-hydrogen) atoms. The SMILES string of the molecule is CCn1cc(NC(=O)c2ccc(COc3ccc(Cl)cc3)cc2)c(C(=O)Nc2ccccc2)n1. The predicted octanol–water partition coefficient (Wildman–Crippen LogP) is 5.64. The third-order valence-electron chi connectivity index (χ3n) is 5.02. The number of rotatable bonds is 8. The third-order valence-corrected chi connectivity index (χ3v) is 5.27. The molecule has 0 fully saturated rings. The summed E-state index contributed by atoms with van der Waals surface area (Å²) < 4.78 is 7.34. The van der Waals surface area contributed by atoms with Crippen molar-refractivity contribution in [3.8, 4) is 5.75 Å². The maximum Gasteiger partial charge on any atom is 0.278 e. The lowest BCUT2D eigenvalue weighted by molar-refractivity contribution is 0.102. The van der Waals surface area contributed by atoms with E-state index in [1.807, 2.05) is 37.3 Å². The number of aromatic nitrogens is 2. The Morgan fingerprint density at radius 1 is 0.912 bits per heavy atom. The number of nitrogens with one attached hydrogen (secondary N) is 2. The topological polar surface area (TPSA) is 85.2 Å². The Morgan fingerprint density at radius 2 is 1.62 bits per heavy atom. The molecular formula is C26H23ClN4O3. The van der Waals surface area contributed by atoms with Gasteiger partial charge in [0.1, 0.15) is 12.4 Å². The largest absolute Gasteiger partial charge is 0.489 e. The van der Waals surface area contributed by atoms with E-state index >= 15 is 0 Å². The number of ether oxygens (including phenoxy) is 1. The number of hydrogen-bond acceptors (Lipinski definition) is 4. The molecule has 8 heteroatoms. The van der Waals surface area contributed by atoms with Crippen molar-refractivity contribution in [3.05, 3.63) is 107 Å². The van der Waals surface area contributed by atoms with Gasteiger partial charge in [-0.2, -0.15) is 5.10 Å². The number of benzene rings is 3. The molecule has 172 valence electrons. The van der Waals surface area contributed by atoms with Gasteiger partial charge in [0.15, 0.2) is 5.69 Å². The van der Waals surface area contributed by atoms with Gasteiger partial charge in [-0.15, -0.1) is 0 Å². The molecule has 0 aliphatic heterocycles. The summed E-state index contributed by atoms with van der Waals surface area (Å²) in [6.07, 6.45) is 1.64. The number of aryl methyl sites for hydroxylation is 1. The fraction of sp³-hybridized carbons (Fsp3) is 0.115. The first kappa shape index (κ1) is 23.1. The van der Waals surface area contributed by atoms with Gasteiger partial charge in [0.05, 0.1) is 5.69 Å². The van der Waals surface area contributed by atoms with Crippen LogP contribution >= 0.6 is 11.6 Å². The lowest BCUT2D eigenvalue weighted by Crippen LogP contribution is -2.18. The van der Waals surface area contributed by atoms with Crippen LogP contribution in [0.3, 0.4) is 0 Å². The number of para-hydroxylation sites is 1. The molecule has 4 aromatic rings. The zero-order valence-corrected chi connectivity index (χ0v) is 19.3. The van der Waals surface area contributed by atoms with E-state index < -0.39 is 5.91 Å². The molecule has 2 amide bonds. The van der Waals surface area contributed by atoms with Gasteiger partial charge in [-0.05, 0) is 61.0 Å². The molecule has 4 rings (SSSR count). The van der Waals surface area contributed by atoms with E-state index in [9.17, 15) is 9.59 Å². The summed E-state index contributed by atoms with van der Waals surface area (Å²) in [7, 11) is 0. The number of carbonyl (C=O) groups excluding carboxylic acids is 2. The molecule has 0 bridgehead atoms. The molecule has 7 nitrogen and oxygen atoms in total. The minimum Gasteiger partial charge on any atom is -0.489 e. The van der Waals surface area contributed by atoms with Gasteiger partial charge in [0, 0.05) is 29.0 Å². The number of hydrogen-bond donors (Lipinski definition) is 2. The van der Waals surface area contributed by atoms with Gasteiger partial charge in [0.2, 0.25) is 0 Å². The van der Waals surface area contributed by atoms with Crippen LogP contribution in [0.5, 0.6) is 5.75 Å². The minimum atomic E-state index is -0.400. The van der Waals surface area contributed by atoms with Crippen molar-refractivity contribution in [1.29, 1.82) is 0 Å². The smallest absolute Gasteiger partial charge is 0.278 e. The van der Waals surface area contributed by atoms with Crippen LogP contribution in [-0.2, 0) is 13.2 Å². The minimum absolute atomic E-state index is 0.145. The highest BCUT2D eigenvalue weighted by atomic mass is 35.5. The quantitative estimate of drug-likeness (QED) is 0.346. The van der Waals surface area contributed by atoms with E-state index in [0.717, 1.165) is 5.56 Å². The van der Waals surface area contributed by atoms with E-state index in [0.29, 0.717) is 40.9 Å². The van der Waals surface area contributed by atoms with Gasteiger partial charge < -0.3 is 15.4 Å². The van der Waals surface area contributed by atoms with Crippen molar-refractivity contribution in [2.75, 3.05) is 10.6 Å². The molecular weight excluding hydrogens is 452 g/mol. The second-order valence-electron chi connectivity index (χ2n) is 7.46. The van der Waals surface area contributed by atoms with Gasteiger partial charge in [-0.1, -0.05) is 41.9 Å². The van der Waals surface area contributed by atoms with Crippen molar-refractivity contribution in [3.63, 3.8) is 0 Å². The van der Waals surface area contributed by atoms with Crippen LogP contribution in [0, 0.1) is 0 Å². The average molecular weight is 475 g/mol. The Balaban J connectivity index is 1.42. The lowest BCUT2D eigenvalue weighted by atomic mass is 10.1. The molecule has 0 aliphatic rings. The molecule has 2 N–H and O–H groups in total. The van der Waals surface area contributed by atoms with Gasteiger partial charge >= 0.3 is 0 Å². The van der Waals surface area contributed by atoms with E-state index in [2.05, 4.69) is 15.7 Å². The summed E-state index contributed by atoms with van der Waals surface area (Å²) in [4.78, 5) is 25.6. The maximum absolute atomic E-state index is 12.8. The first-order chi connectivity index (χ1) is 16.5. The summed E-state index contributed by atoms with van der Waals surface area (Å²) in [5.41, 5.74) is 2.50. The molecule has 1 heterocycles. The fourth-order valence-electron chi connectivity index (χ4n) is 3.20. The summed E-state index contributed by atoms with van der Waals surface area (Å²) in [5, 5.41) is 10.6. The first-order valence-electron chi connectivity index (χ1n) is 10.7. The van der Waals surface area contributed by atoms with E-state index in [-0.39, 0.29) is 11.6 Å². The summed E-state index contributed by atoms with van der Waals surface area (Å²) in [6, 6.07) is 23.3. The maximum atomic E-state index is 12.8. The zero-order chi connectivity index (χ0) is 23.9. The van der Waals surface area contributed by atoms with Crippen molar-refractivity contribution >= 4 is 34.8 Å². The Kier molecular flexibility index (Phi) is 7.25. The predicted molar refractivity (Wildman–Crippen MR) is 132 cm³/mol. The molecule has 1 aromatic heterocycles. The van der Waals surface area contributed by atoms with Crippen molar-refractivity contribution in [1.82, 2.24) is 9.78 Å². The number of anilines is 2. The molecule has 0 saturated heterocycles. The van der Waals surface area contributed by atoms with Crippen molar-refractivity contribution in [2.24, 2.45) is 0 Å². The lowest BCUT2D eigenvalue weighted by Gasteiger charge is -2.08. The van der Waals surface area contributed by atoms with E-state index in [4.69, 9.17) is 16.3 Å². The van der Waals surface area contributed by atoms with Crippen molar-refractivity contribution in [2.45, 2.75) is 20.1 Å². The van der Waals surface area contributed by atoms with Crippen LogP contribution in [0.25, 0.3) is 0 Å². The Bertz CT molecular complexity index is 1270. The van der Waals surface area contributed by atoms with Gasteiger partial charge in [-0.3, -0.25) is 14.3 Å². The zero-order valence-electron chi connectivity index (χ0n) is 18.5. The summed E-state index contributed by atoms with van der Waals surface area (Å²) in [5.74, 6) is -0.0292. The second-order valence-corrected chi connectivity index (χ2v) is 7.90. The standard InChI is InChI=1S/C26H23ClN4O3/c1-2-31-16-23(24(30-31)26(33)28-21-6-4-3-5-7-21)29-25(32)19-10-8-18(9-11-19)17-34-22-14-12-20(27)13-15-22/h3-16H,2,17H2,1H3,(H,28,33)(H,29,32). The molecule has 0 atom stereocenters. The average Bonchev–Trinajstić information content (AvgIpc) is 3.27. The van der Waals surface area contributed by atoms with Crippen LogP contribution in [-0.4, -0.2) is 21.6 Å². The number of carbonyl (C=O) groups is 2. The highest BCUT2D eigenvalue weighted by Gasteiger charge is 2.19. The molecule has 0 saturated carbocycles. The normalized spacial score (nSPS) is 10.5. The van der Waals surface area contributed by atoms with Crippen LogP contribution in [0.1, 0.15) is 33.3 Å². The van der Waals surface area contributed by atoms with Gasteiger partial charge in [-0.25, -0.2) is 0 Å². The van der Waals surface area contributed by atoms with Crippen LogP contribution in [0.15, 0.2) is 85.1 Å². The van der Waals surface area contributed by atoms with Crippen molar-refractivity contribution < 1.29 is 14.3 Å². The Morgan fingerprint density at radius 3 is 2.29 bits per heavy atom. The first-order valence-corrected chi connectivity index (χ1v) is 11.1. The van der Waals surface area contributed by atoms with E-state index in [1.54, 1.807) is 59.4 Å². The monoisotopic (exact) mass is 474 g/mol.